The number of allylic oxidation sites excluding steroid dienone is 1. The molecule has 0 saturated carbocycles. The molecular formula is C10H11NS. The fourth-order valence-corrected chi connectivity index (χ4v) is 1.94. The molecule has 0 aromatic carbocycles. The Morgan fingerprint density at radius 3 is 2.92 bits per heavy atom. The van der Waals surface area contributed by atoms with Gasteiger partial charge in [-0.1, -0.05) is 5.57 Å². The lowest BCUT2D eigenvalue weighted by atomic mass is 10.3. The van der Waals surface area contributed by atoms with Crippen LogP contribution in [-0.4, -0.2) is 0 Å². The van der Waals surface area contributed by atoms with E-state index in [-0.39, 0.29) is 0 Å². The number of thiophene rings is 1. The first kappa shape index (κ1) is 9.02. The topological polar surface area (TPSA) is 23.8 Å². The third-order valence-corrected chi connectivity index (χ3v) is 2.40. The summed E-state index contributed by atoms with van der Waals surface area (Å²) in [6.45, 7) is 4.15. The van der Waals surface area contributed by atoms with Crippen LogP contribution in [0, 0.1) is 11.3 Å². The van der Waals surface area contributed by atoms with E-state index < -0.39 is 0 Å². The number of nitrogens with zero attached hydrogens (tertiary/aromatic N) is 1. The molecule has 0 amide bonds. The summed E-state index contributed by atoms with van der Waals surface area (Å²) in [7, 11) is 0. The summed E-state index contributed by atoms with van der Waals surface area (Å²) in [4.78, 5) is 2.38. The highest BCUT2D eigenvalue weighted by atomic mass is 32.1. The van der Waals surface area contributed by atoms with Crippen molar-refractivity contribution in [1.82, 2.24) is 0 Å². The van der Waals surface area contributed by atoms with E-state index in [9.17, 15) is 0 Å². The zero-order chi connectivity index (χ0) is 8.97. The Hall–Kier alpha value is -1.07. The van der Waals surface area contributed by atoms with Gasteiger partial charge in [-0.3, -0.25) is 0 Å². The van der Waals surface area contributed by atoms with Gasteiger partial charge in [-0.05, 0) is 32.1 Å². The van der Waals surface area contributed by atoms with Crippen LogP contribution >= 0.6 is 11.3 Å². The average molecular weight is 177 g/mol. The molecule has 0 aliphatic carbocycles. The van der Waals surface area contributed by atoms with E-state index in [2.05, 4.69) is 32.1 Å². The minimum Gasteiger partial charge on any atom is -0.198 e. The molecule has 0 saturated heterocycles. The highest BCUT2D eigenvalue weighted by Crippen LogP contribution is 2.19. The van der Waals surface area contributed by atoms with Crippen LogP contribution in [0.5, 0.6) is 0 Å². The summed E-state index contributed by atoms with van der Waals surface area (Å²) in [5, 5.41) is 8.45. The molecular weight excluding hydrogens is 166 g/mol. The van der Waals surface area contributed by atoms with Crippen LogP contribution in [0.4, 0.5) is 0 Å². The Morgan fingerprint density at radius 1 is 1.58 bits per heavy atom. The maximum absolute atomic E-state index is 8.45. The van der Waals surface area contributed by atoms with E-state index in [1.807, 2.05) is 6.07 Å². The summed E-state index contributed by atoms with van der Waals surface area (Å²) < 4.78 is 0. The molecule has 0 aliphatic rings. The highest BCUT2D eigenvalue weighted by Gasteiger charge is 1.95. The fourth-order valence-electron chi connectivity index (χ4n) is 0.930. The number of hydrogen-bond acceptors (Lipinski definition) is 2. The molecule has 62 valence electrons. The average Bonchev–Trinajstić information content (AvgIpc) is 2.36. The molecule has 12 heavy (non-hydrogen) atoms. The Morgan fingerprint density at radius 2 is 2.33 bits per heavy atom. The van der Waals surface area contributed by atoms with Gasteiger partial charge in [-0.15, -0.1) is 11.3 Å². The second-order valence-corrected chi connectivity index (χ2v) is 4.06. The van der Waals surface area contributed by atoms with Crippen LogP contribution < -0.4 is 0 Å². The molecule has 0 radical (unpaired) electrons. The summed E-state index contributed by atoms with van der Waals surface area (Å²) >= 11 is 1.69. The molecule has 0 atom stereocenters. The van der Waals surface area contributed by atoms with Crippen molar-refractivity contribution in [2.75, 3.05) is 0 Å². The van der Waals surface area contributed by atoms with Crippen molar-refractivity contribution in [3.63, 3.8) is 0 Å². The molecule has 2 heteroatoms. The van der Waals surface area contributed by atoms with Gasteiger partial charge in [0, 0.05) is 9.75 Å². The van der Waals surface area contributed by atoms with Gasteiger partial charge in [0.15, 0.2) is 0 Å². The van der Waals surface area contributed by atoms with Gasteiger partial charge in [0.2, 0.25) is 0 Å². The fraction of sp³-hybridized carbons (Fsp3) is 0.300. The standard InChI is InChI=1S/C10H11NS/c1-8(2)7-10-4-3-9(12-10)5-6-11/h3-4,7H,5H2,1-2H3. The molecule has 0 spiro atoms. The Bertz CT molecular complexity index is 324. The second kappa shape index (κ2) is 4.08. The minimum absolute atomic E-state index is 0.529. The molecule has 0 aliphatic heterocycles. The normalized spacial score (nSPS) is 9.08. The maximum atomic E-state index is 8.45. The van der Waals surface area contributed by atoms with E-state index in [0.29, 0.717) is 6.42 Å². The van der Waals surface area contributed by atoms with Crippen molar-refractivity contribution >= 4 is 17.4 Å². The molecule has 1 rings (SSSR count). The van der Waals surface area contributed by atoms with E-state index in [0.717, 1.165) is 4.88 Å². The van der Waals surface area contributed by atoms with Crippen molar-refractivity contribution in [3.8, 4) is 6.07 Å². The van der Waals surface area contributed by atoms with Crippen molar-refractivity contribution < 1.29 is 0 Å². The van der Waals surface area contributed by atoms with E-state index in [4.69, 9.17) is 5.26 Å². The van der Waals surface area contributed by atoms with Crippen LogP contribution in [0.2, 0.25) is 0 Å². The zero-order valence-corrected chi connectivity index (χ0v) is 8.11. The lowest BCUT2D eigenvalue weighted by Crippen LogP contribution is -1.68. The molecule has 1 aromatic rings. The summed E-state index contributed by atoms with van der Waals surface area (Å²) in [5.41, 5.74) is 1.29. The van der Waals surface area contributed by atoms with Gasteiger partial charge in [0.1, 0.15) is 0 Å². The summed E-state index contributed by atoms with van der Waals surface area (Å²) in [6, 6.07) is 6.22. The van der Waals surface area contributed by atoms with Gasteiger partial charge in [-0.2, -0.15) is 5.26 Å². The zero-order valence-electron chi connectivity index (χ0n) is 7.29. The predicted octanol–water partition coefficient (Wildman–Crippen LogP) is 3.24. The quantitative estimate of drug-likeness (QED) is 0.680. The van der Waals surface area contributed by atoms with Crippen LogP contribution in [0.1, 0.15) is 23.6 Å². The number of nitriles is 1. The molecule has 1 heterocycles. The van der Waals surface area contributed by atoms with Gasteiger partial charge in [0.05, 0.1) is 12.5 Å². The van der Waals surface area contributed by atoms with Crippen LogP contribution in [-0.2, 0) is 6.42 Å². The van der Waals surface area contributed by atoms with Crippen molar-refractivity contribution in [1.29, 1.82) is 5.26 Å². The first-order valence-corrected chi connectivity index (χ1v) is 4.64. The van der Waals surface area contributed by atoms with Gasteiger partial charge >= 0.3 is 0 Å². The van der Waals surface area contributed by atoms with E-state index >= 15 is 0 Å². The molecule has 1 nitrogen and oxygen atoms in total. The van der Waals surface area contributed by atoms with E-state index in [1.165, 1.54) is 10.5 Å². The summed E-state index contributed by atoms with van der Waals surface area (Å²) in [5.74, 6) is 0. The van der Waals surface area contributed by atoms with E-state index in [1.54, 1.807) is 11.3 Å². The van der Waals surface area contributed by atoms with Crippen molar-refractivity contribution in [2.45, 2.75) is 20.3 Å². The number of rotatable bonds is 2. The molecule has 0 unspecified atom stereocenters. The lowest BCUT2D eigenvalue weighted by molar-refractivity contribution is 1.32. The molecule has 1 aromatic heterocycles. The predicted molar refractivity (Wildman–Crippen MR) is 53.0 cm³/mol. The molecule has 0 fully saturated rings. The molecule has 0 bridgehead atoms. The monoisotopic (exact) mass is 177 g/mol. The minimum atomic E-state index is 0.529. The lowest BCUT2D eigenvalue weighted by Gasteiger charge is -1.86. The largest absolute Gasteiger partial charge is 0.198 e. The number of hydrogen-bond donors (Lipinski definition) is 0. The Balaban J connectivity index is 2.79. The van der Waals surface area contributed by atoms with Crippen LogP contribution in [0.3, 0.4) is 0 Å². The third-order valence-electron chi connectivity index (χ3n) is 1.37. The highest BCUT2D eigenvalue weighted by molar-refractivity contribution is 7.12. The van der Waals surface area contributed by atoms with Crippen molar-refractivity contribution in [3.05, 3.63) is 27.5 Å². The van der Waals surface area contributed by atoms with Crippen LogP contribution in [0.25, 0.3) is 6.08 Å². The van der Waals surface area contributed by atoms with Gasteiger partial charge < -0.3 is 0 Å². The van der Waals surface area contributed by atoms with Crippen LogP contribution in [0.15, 0.2) is 17.7 Å². The third kappa shape index (κ3) is 2.52. The first-order chi connectivity index (χ1) is 5.72. The van der Waals surface area contributed by atoms with Gasteiger partial charge in [0.25, 0.3) is 0 Å². The van der Waals surface area contributed by atoms with Gasteiger partial charge in [-0.25, -0.2) is 0 Å². The maximum Gasteiger partial charge on any atom is 0.0695 e. The SMILES string of the molecule is CC(C)=Cc1ccc(CC#N)s1. The first-order valence-electron chi connectivity index (χ1n) is 3.83. The Kier molecular flexibility index (Phi) is 3.07. The smallest absolute Gasteiger partial charge is 0.0695 e. The Labute approximate surface area is 77.0 Å². The molecule has 0 N–H and O–H groups in total. The summed E-state index contributed by atoms with van der Waals surface area (Å²) in [6.07, 6.45) is 2.66. The second-order valence-electron chi connectivity index (χ2n) is 2.86. The van der Waals surface area contributed by atoms with Crippen molar-refractivity contribution in [2.24, 2.45) is 0 Å².